The number of rotatable bonds is 6. The van der Waals surface area contributed by atoms with Gasteiger partial charge in [-0.1, -0.05) is 24.6 Å². The van der Waals surface area contributed by atoms with E-state index in [0.717, 1.165) is 11.1 Å². The number of hydrogen-bond donors (Lipinski definition) is 1. The molecule has 0 spiro atoms. The van der Waals surface area contributed by atoms with Gasteiger partial charge in [0.1, 0.15) is 0 Å². The zero-order valence-electron chi connectivity index (χ0n) is 14.1. The largest absolute Gasteiger partial charge is 0.349 e. The third-order valence-electron chi connectivity index (χ3n) is 3.76. The molecule has 2 rings (SSSR count). The normalized spacial score (nSPS) is 12.6. The van der Waals surface area contributed by atoms with Crippen LogP contribution in [-0.4, -0.2) is 31.1 Å². The van der Waals surface area contributed by atoms with Crippen molar-refractivity contribution in [2.45, 2.75) is 38.1 Å². The van der Waals surface area contributed by atoms with E-state index in [9.17, 15) is 13.2 Å². The van der Waals surface area contributed by atoms with Crippen LogP contribution < -0.4 is 5.32 Å². The van der Waals surface area contributed by atoms with Crippen LogP contribution in [0, 0.1) is 6.92 Å². The second-order valence-corrected chi connectivity index (χ2v) is 7.89. The van der Waals surface area contributed by atoms with Crippen LogP contribution in [0.2, 0.25) is 0 Å². The predicted octanol–water partition coefficient (Wildman–Crippen LogP) is 2.54. The first-order valence-electron chi connectivity index (χ1n) is 7.86. The van der Waals surface area contributed by atoms with Crippen LogP contribution in [0.1, 0.15) is 35.3 Å². The number of sulfone groups is 1. The van der Waals surface area contributed by atoms with Crippen molar-refractivity contribution in [1.29, 1.82) is 0 Å². The van der Waals surface area contributed by atoms with Gasteiger partial charge in [-0.2, -0.15) is 0 Å². The van der Waals surface area contributed by atoms with E-state index in [2.05, 4.69) is 10.3 Å². The highest BCUT2D eigenvalue weighted by Crippen LogP contribution is 2.14. The van der Waals surface area contributed by atoms with Gasteiger partial charge in [-0.25, -0.2) is 8.42 Å². The summed E-state index contributed by atoms with van der Waals surface area (Å²) in [6.45, 7) is 5.54. The Kier molecular flexibility index (Phi) is 5.72. The maximum atomic E-state index is 12.4. The van der Waals surface area contributed by atoms with E-state index in [1.54, 1.807) is 49.6 Å². The molecule has 128 valence electrons. The Balaban J connectivity index is 2.08. The van der Waals surface area contributed by atoms with Crippen molar-refractivity contribution in [3.63, 3.8) is 0 Å². The first-order chi connectivity index (χ1) is 11.3. The molecule has 0 aliphatic carbocycles. The summed E-state index contributed by atoms with van der Waals surface area (Å²) >= 11 is 0. The third-order valence-corrected chi connectivity index (χ3v) is 5.69. The molecule has 0 bridgehead atoms. The van der Waals surface area contributed by atoms with Crippen LogP contribution in [0.4, 0.5) is 0 Å². The van der Waals surface area contributed by atoms with E-state index in [1.165, 1.54) is 0 Å². The highest BCUT2D eigenvalue weighted by atomic mass is 32.2. The second kappa shape index (κ2) is 7.57. The molecule has 2 aromatic rings. The number of pyridine rings is 1. The van der Waals surface area contributed by atoms with Crippen LogP contribution in [0.15, 0.2) is 47.6 Å². The fourth-order valence-corrected chi connectivity index (χ4v) is 3.93. The summed E-state index contributed by atoms with van der Waals surface area (Å²) in [5.74, 6) is -0.421. The lowest BCUT2D eigenvalue weighted by molar-refractivity contribution is 0.0942. The van der Waals surface area contributed by atoms with Crippen molar-refractivity contribution in [3.8, 4) is 0 Å². The van der Waals surface area contributed by atoms with Crippen LogP contribution in [0.3, 0.4) is 0 Å². The van der Waals surface area contributed by atoms with Crippen molar-refractivity contribution >= 4 is 15.7 Å². The van der Waals surface area contributed by atoms with Gasteiger partial charge in [-0.05, 0) is 44.0 Å². The summed E-state index contributed by atoms with van der Waals surface area (Å²) in [7, 11) is -3.45. The van der Waals surface area contributed by atoms with Crippen molar-refractivity contribution in [2.24, 2.45) is 0 Å². The standard InChI is InChI=1S/C18H22N2O3S/c1-4-15-11-19-10-9-17(15)18(21)20-14(3)12-24(22,23)16-7-5-13(2)6-8-16/h5-11,14H,4,12H2,1-3H3,(H,20,21)/t14-/m1/s1. The number of nitrogens with zero attached hydrogens (tertiary/aromatic N) is 1. The number of nitrogens with one attached hydrogen (secondary N) is 1. The van der Waals surface area contributed by atoms with Gasteiger partial charge in [0.15, 0.2) is 9.84 Å². The van der Waals surface area contributed by atoms with Gasteiger partial charge in [0.2, 0.25) is 0 Å². The minimum Gasteiger partial charge on any atom is -0.349 e. The molecule has 1 aromatic carbocycles. The van der Waals surface area contributed by atoms with Gasteiger partial charge in [0, 0.05) is 24.0 Å². The number of amides is 1. The molecule has 0 fully saturated rings. The Labute approximate surface area is 143 Å². The first kappa shape index (κ1) is 18.1. The van der Waals surface area contributed by atoms with Gasteiger partial charge in [0.05, 0.1) is 10.6 Å². The van der Waals surface area contributed by atoms with Crippen molar-refractivity contribution in [2.75, 3.05) is 5.75 Å². The van der Waals surface area contributed by atoms with E-state index in [-0.39, 0.29) is 16.6 Å². The molecule has 6 heteroatoms. The Morgan fingerprint density at radius 2 is 1.88 bits per heavy atom. The lowest BCUT2D eigenvalue weighted by Crippen LogP contribution is -2.38. The summed E-state index contributed by atoms with van der Waals surface area (Å²) in [6, 6.07) is 7.87. The van der Waals surface area contributed by atoms with Crippen molar-refractivity contribution in [1.82, 2.24) is 10.3 Å². The first-order valence-corrected chi connectivity index (χ1v) is 9.52. The predicted molar refractivity (Wildman–Crippen MR) is 93.8 cm³/mol. The van der Waals surface area contributed by atoms with Gasteiger partial charge >= 0.3 is 0 Å². The smallest absolute Gasteiger partial charge is 0.251 e. The molecular formula is C18H22N2O3S. The van der Waals surface area contributed by atoms with Gasteiger partial charge in [-0.3, -0.25) is 9.78 Å². The topological polar surface area (TPSA) is 76.1 Å². The summed E-state index contributed by atoms with van der Waals surface area (Å²) < 4.78 is 24.9. The van der Waals surface area contributed by atoms with E-state index in [4.69, 9.17) is 0 Å². The number of aromatic nitrogens is 1. The SMILES string of the molecule is CCc1cnccc1C(=O)N[C@H](C)CS(=O)(=O)c1ccc(C)cc1. The van der Waals surface area contributed by atoms with Gasteiger partial charge < -0.3 is 5.32 Å². The molecule has 5 nitrogen and oxygen atoms in total. The highest BCUT2D eigenvalue weighted by Gasteiger charge is 2.21. The molecule has 1 amide bonds. The van der Waals surface area contributed by atoms with Crippen molar-refractivity contribution in [3.05, 3.63) is 59.4 Å². The summed E-state index contributed by atoms with van der Waals surface area (Å²) in [5, 5.41) is 2.76. The van der Waals surface area contributed by atoms with Gasteiger partial charge in [-0.15, -0.1) is 0 Å². The molecule has 1 heterocycles. The quantitative estimate of drug-likeness (QED) is 0.872. The number of carbonyl (C=O) groups is 1. The van der Waals surface area contributed by atoms with Crippen LogP contribution in [0.5, 0.6) is 0 Å². The molecule has 1 atom stereocenters. The molecule has 0 radical (unpaired) electrons. The van der Waals surface area contributed by atoms with Crippen LogP contribution in [-0.2, 0) is 16.3 Å². The molecule has 0 unspecified atom stereocenters. The summed E-state index contributed by atoms with van der Waals surface area (Å²) in [5.41, 5.74) is 2.37. The monoisotopic (exact) mass is 346 g/mol. The maximum absolute atomic E-state index is 12.4. The average Bonchev–Trinajstić information content (AvgIpc) is 2.54. The number of benzene rings is 1. The minimum absolute atomic E-state index is 0.145. The Hall–Kier alpha value is -2.21. The number of carbonyl (C=O) groups excluding carboxylic acids is 1. The molecule has 0 aliphatic heterocycles. The fraction of sp³-hybridized carbons (Fsp3) is 0.333. The zero-order valence-corrected chi connectivity index (χ0v) is 14.9. The molecule has 1 N–H and O–H groups in total. The molecule has 0 aliphatic rings. The summed E-state index contributed by atoms with van der Waals surface area (Å²) in [6.07, 6.45) is 3.90. The lowest BCUT2D eigenvalue weighted by Gasteiger charge is -2.15. The van der Waals surface area contributed by atoms with E-state index < -0.39 is 15.9 Å². The number of aryl methyl sites for hydroxylation is 2. The minimum atomic E-state index is -3.45. The molecule has 0 saturated heterocycles. The van der Waals surface area contributed by atoms with Crippen LogP contribution in [0.25, 0.3) is 0 Å². The van der Waals surface area contributed by atoms with E-state index in [1.807, 2.05) is 13.8 Å². The molecule has 1 aromatic heterocycles. The Morgan fingerprint density at radius 1 is 1.21 bits per heavy atom. The molecule has 24 heavy (non-hydrogen) atoms. The van der Waals surface area contributed by atoms with Crippen molar-refractivity contribution < 1.29 is 13.2 Å². The van der Waals surface area contributed by atoms with Gasteiger partial charge in [0.25, 0.3) is 5.91 Å². The summed E-state index contributed by atoms with van der Waals surface area (Å²) in [4.78, 5) is 16.6. The molecular weight excluding hydrogens is 324 g/mol. The Bertz CT molecular complexity index is 814. The molecule has 0 saturated carbocycles. The maximum Gasteiger partial charge on any atom is 0.251 e. The Morgan fingerprint density at radius 3 is 2.50 bits per heavy atom. The number of hydrogen-bond acceptors (Lipinski definition) is 4. The lowest BCUT2D eigenvalue weighted by atomic mass is 10.1. The van der Waals surface area contributed by atoms with Crippen LogP contribution >= 0.6 is 0 Å². The third kappa shape index (κ3) is 4.41. The average molecular weight is 346 g/mol. The van der Waals surface area contributed by atoms with E-state index >= 15 is 0 Å². The second-order valence-electron chi connectivity index (χ2n) is 5.86. The highest BCUT2D eigenvalue weighted by molar-refractivity contribution is 7.91. The fourth-order valence-electron chi connectivity index (χ4n) is 2.44. The van der Waals surface area contributed by atoms with E-state index in [0.29, 0.717) is 12.0 Å². The zero-order chi connectivity index (χ0) is 17.7.